The number of unbranched alkanes of at least 4 members (excludes halogenated alkanes) is 5. The van der Waals surface area contributed by atoms with Crippen molar-refractivity contribution in [2.75, 3.05) is 13.2 Å². The number of nitrogens with two attached hydrogens (primary N) is 2. The van der Waals surface area contributed by atoms with Gasteiger partial charge >= 0.3 is 0 Å². The Kier molecular flexibility index (Phi) is 27.0. The van der Waals surface area contributed by atoms with Gasteiger partial charge in [0, 0.05) is 31.1 Å². The fourth-order valence-corrected chi connectivity index (χ4v) is 5.43. The van der Waals surface area contributed by atoms with Gasteiger partial charge in [-0.25, -0.2) is 0 Å². The molecule has 0 saturated carbocycles. The molecule has 2 unspecified atom stereocenters. The average Bonchev–Trinajstić information content (AvgIpc) is 3.10. The van der Waals surface area contributed by atoms with Crippen molar-refractivity contribution in [1.29, 1.82) is 5.41 Å². The first-order chi connectivity index (χ1) is 25.0. The van der Waals surface area contributed by atoms with Crippen LogP contribution in [0.25, 0.3) is 0 Å². The van der Waals surface area contributed by atoms with Gasteiger partial charge < -0.3 is 63.5 Å². The Morgan fingerprint density at radius 3 is 1.91 bits per heavy atom. The summed E-state index contributed by atoms with van der Waals surface area (Å²) < 4.78 is 0. The van der Waals surface area contributed by atoms with Crippen molar-refractivity contribution >= 4 is 29.8 Å². The standard InChI is InChI=1S/C34H69N9O10/c1-5-7-9-10-11-13-28(48)38-18-29(49)39-26(19-44)33(52)41-24(14-15-27(37)47)31(50)42-25(16-22(36)17-35)32(51)43-30(21(4)46)34(53)40-23(20(3)45)12-8-6-2/h17,20-26,29-31,34-35,39-40,42,44-46,49-50,53H,5-16,18-19,36H2,1-4H3,(H2,37,47)(H,38,48)(H,41,52)(H,43,51)/t20-,21?,22?,23+,24-,25+,26+,29+,30+,31+,34+/m1/s1. The lowest BCUT2D eigenvalue weighted by Gasteiger charge is -2.34. The van der Waals surface area contributed by atoms with Gasteiger partial charge in [0.15, 0.2) is 0 Å². The van der Waals surface area contributed by atoms with Gasteiger partial charge in [0.2, 0.25) is 23.6 Å². The lowest BCUT2D eigenvalue weighted by Crippen LogP contribution is -2.63. The van der Waals surface area contributed by atoms with E-state index >= 15 is 0 Å². The predicted octanol–water partition coefficient (Wildman–Crippen LogP) is -3.16. The minimum Gasteiger partial charge on any atom is -0.394 e. The lowest BCUT2D eigenvalue weighted by molar-refractivity contribution is -0.129. The summed E-state index contributed by atoms with van der Waals surface area (Å²) in [7, 11) is 0. The van der Waals surface area contributed by atoms with Gasteiger partial charge in [-0.2, -0.15) is 0 Å². The van der Waals surface area contributed by atoms with Crippen LogP contribution in [-0.4, -0.2) is 141 Å². The molecule has 0 aromatic heterocycles. The van der Waals surface area contributed by atoms with Gasteiger partial charge in [-0.05, 0) is 39.5 Å². The zero-order valence-electron chi connectivity index (χ0n) is 31.8. The summed E-state index contributed by atoms with van der Waals surface area (Å²) in [4.78, 5) is 50.5. The molecule has 0 aliphatic carbocycles. The van der Waals surface area contributed by atoms with Crippen molar-refractivity contribution in [3.05, 3.63) is 0 Å². The zero-order valence-corrected chi connectivity index (χ0v) is 31.8. The van der Waals surface area contributed by atoms with E-state index in [1.165, 1.54) is 6.92 Å². The van der Waals surface area contributed by atoms with Crippen molar-refractivity contribution in [2.24, 2.45) is 11.5 Å². The fraction of sp³-hybridized carbons (Fsp3) is 0.853. The van der Waals surface area contributed by atoms with E-state index in [2.05, 4.69) is 38.8 Å². The second-order valence-corrected chi connectivity index (χ2v) is 13.6. The van der Waals surface area contributed by atoms with E-state index in [0.717, 1.165) is 44.7 Å². The Balaban J connectivity index is 5.80. The second kappa shape index (κ2) is 28.6. The number of primary amides is 1. The van der Waals surface area contributed by atoms with Gasteiger partial charge in [-0.15, -0.1) is 0 Å². The van der Waals surface area contributed by atoms with Crippen LogP contribution in [0.3, 0.4) is 0 Å². The largest absolute Gasteiger partial charge is 0.394 e. The van der Waals surface area contributed by atoms with E-state index in [1.54, 1.807) is 6.92 Å². The molecule has 0 aliphatic heterocycles. The third-order valence-corrected chi connectivity index (χ3v) is 8.72. The normalized spacial score (nSPS) is 17.9. The smallest absolute Gasteiger partial charge is 0.239 e. The molecule has 17 N–H and O–H groups in total. The van der Waals surface area contributed by atoms with Crippen LogP contribution in [0, 0.1) is 5.41 Å². The SMILES string of the molecule is CCCCCCCC(=O)NC[C@H](O)N[C@@H](CO)C(=O)N[C@H](CCC(N)=O)[C@H](O)N[C@@H](CC(N)C=N)C(=O)N[C@@H](C(C)O)[C@H](O)N[C@@H](CCCC)[C@@H](C)O. The maximum atomic E-state index is 13.6. The summed E-state index contributed by atoms with van der Waals surface area (Å²) in [5.41, 5.74) is 11.2. The molecule has 0 aromatic carbocycles. The summed E-state index contributed by atoms with van der Waals surface area (Å²) in [6, 6.07) is -6.94. The Bertz CT molecular complexity index is 1060. The third kappa shape index (κ3) is 22.2. The van der Waals surface area contributed by atoms with Gasteiger partial charge in [0.05, 0.1) is 43.5 Å². The van der Waals surface area contributed by atoms with Gasteiger partial charge in [0.1, 0.15) is 24.7 Å². The Morgan fingerprint density at radius 2 is 1.36 bits per heavy atom. The first-order valence-electron chi connectivity index (χ1n) is 18.7. The molecule has 53 heavy (non-hydrogen) atoms. The Morgan fingerprint density at radius 1 is 0.736 bits per heavy atom. The number of aliphatic hydroxyl groups excluding tert-OH is 6. The van der Waals surface area contributed by atoms with Crippen LogP contribution in [0.4, 0.5) is 0 Å². The lowest BCUT2D eigenvalue weighted by atomic mass is 10.0. The average molecular weight is 764 g/mol. The van der Waals surface area contributed by atoms with Crippen LogP contribution in [0.5, 0.6) is 0 Å². The number of aliphatic hydroxyl groups is 6. The molecule has 0 aliphatic rings. The molecule has 4 amide bonds. The molecular weight excluding hydrogens is 694 g/mol. The molecular formula is C34H69N9O10. The highest BCUT2D eigenvalue weighted by molar-refractivity contribution is 5.83. The van der Waals surface area contributed by atoms with Gasteiger partial charge in [-0.3, -0.25) is 35.1 Å². The molecule has 0 heterocycles. The van der Waals surface area contributed by atoms with E-state index < -0.39 is 91.5 Å². The Hall–Kier alpha value is -2.85. The first-order valence-corrected chi connectivity index (χ1v) is 18.7. The van der Waals surface area contributed by atoms with Crippen molar-refractivity contribution < 1.29 is 49.8 Å². The van der Waals surface area contributed by atoms with Gasteiger partial charge in [-0.1, -0.05) is 52.4 Å². The molecule has 0 radical (unpaired) electrons. The number of hydrogen-bond donors (Lipinski definition) is 15. The maximum Gasteiger partial charge on any atom is 0.239 e. The van der Waals surface area contributed by atoms with E-state index in [9.17, 15) is 49.8 Å². The van der Waals surface area contributed by atoms with Crippen molar-refractivity contribution in [2.45, 2.75) is 172 Å². The van der Waals surface area contributed by atoms with Crippen LogP contribution < -0.4 is 43.4 Å². The summed E-state index contributed by atoms with van der Waals surface area (Å²) in [6.45, 7) is 5.87. The summed E-state index contributed by atoms with van der Waals surface area (Å²) in [6.07, 6.45) is 0.346. The minimum absolute atomic E-state index is 0.230. The number of hydrogen-bond acceptors (Lipinski definition) is 15. The highest BCUT2D eigenvalue weighted by atomic mass is 16.3. The van der Waals surface area contributed by atoms with E-state index in [0.29, 0.717) is 12.8 Å². The highest BCUT2D eigenvalue weighted by Crippen LogP contribution is 2.11. The first kappa shape index (κ1) is 50.1. The number of carbonyl (C=O) groups is 4. The van der Waals surface area contributed by atoms with Crippen LogP contribution in [0.2, 0.25) is 0 Å². The minimum atomic E-state index is -1.76. The molecule has 0 rings (SSSR count). The molecule has 19 heteroatoms. The fourth-order valence-electron chi connectivity index (χ4n) is 5.43. The van der Waals surface area contributed by atoms with Crippen molar-refractivity contribution in [3.8, 4) is 0 Å². The summed E-state index contributed by atoms with van der Waals surface area (Å²) in [5, 5.41) is 86.1. The number of rotatable bonds is 32. The molecule has 19 nitrogen and oxygen atoms in total. The van der Waals surface area contributed by atoms with Crippen molar-refractivity contribution in [3.63, 3.8) is 0 Å². The van der Waals surface area contributed by atoms with Crippen LogP contribution >= 0.6 is 0 Å². The van der Waals surface area contributed by atoms with E-state index in [1.807, 2.05) is 6.92 Å². The van der Waals surface area contributed by atoms with Crippen LogP contribution in [0.15, 0.2) is 0 Å². The molecule has 0 bridgehead atoms. The number of nitrogens with one attached hydrogen (secondary N) is 7. The van der Waals surface area contributed by atoms with Crippen molar-refractivity contribution in [1.82, 2.24) is 31.9 Å². The number of carbonyl (C=O) groups excluding carboxylic acids is 4. The topological polar surface area (TPSA) is 338 Å². The molecule has 0 saturated heterocycles. The quantitative estimate of drug-likeness (QED) is 0.0183. The molecule has 0 aromatic rings. The summed E-state index contributed by atoms with van der Waals surface area (Å²) in [5.74, 6) is -2.80. The predicted molar refractivity (Wildman–Crippen MR) is 199 cm³/mol. The third-order valence-electron chi connectivity index (χ3n) is 8.72. The van der Waals surface area contributed by atoms with Crippen LogP contribution in [0.1, 0.15) is 105 Å². The number of amides is 4. The highest BCUT2D eigenvalue weighted by Gasteiger charge is 2.34. The molecule has 11 atom stereocenters. The second-order valence-electron chi connectivity index (χ2n) is 13.6. The van der Waals surface area contributed by atoms with E-state index in [-0.39, 0.29) is 38.1 Å². The van der Waals surface area contributed by atoms with Crippen LogP contribution in [-0.2, 0) is 19.2 Å². The monoisotopic (exact) mass is 764 g/mol. The zero-order chi connectivity index (χ0) is 40.5. The molecule has 0 spiro atoms. The Labute approximate surface area is 313 Å². The van der Waals surface area contributed by atoms with E-state index in [4.69, 9.17) is 16.9 Å². The molecule has 0 fully saturated rings. The maximum absolute atomic E-state index is 13.6. The molecule has 310 valence electrons. The van der Waals surface area contributed by atoms with Gasteiger partial charge in [0.25, 0.3) is 0 Å². The summed E-state index contributed by atoms with van der Waals surface area (Å²) >= 11 is 0.